The summed E-state index contributed by atoms with van der Waals surface area (Å²) in [5.74, 6) is -1.80. The van der Waals surface area contributed by atoms with E-state index in [4.69, 9.17) is 0 Å². The average Bonchev–Trinajstić information content (AvgIpc) is 3.69. The number of hydrogen-bond acceptors (Lipinski definition) is 5. The van der Waals surface area contributed by atoms with Gasteiger partial charge in [-0.05, 0) is 29.0 Å². The zero-order valence-electron chi connectivity index (χ0n) is 26.9. The number of amides is 3. The smallest absolute Gasteiger partial charge is 0.247 e. The molecule has 0 aromatic heterocycles. The third-order valence-electron chi connectivity index (χ3n) is 10.2. The van der Waals surface area contributed by atoms with E-state index in [2.05, 4.69) is 20.1 Å². The normalized spacial score (nSPS) is 26.5. The number of thioether (sulfide) groups is 1. The molecule has 7 atom stereocenters. The van der Waals surface area contributed by atoms with Gasteiger partial charge in [-0.1, -0.05) is 110 Å². The number of carbonyl (C=O) groups excluding carboxylic acids is 3. The number of nitrogens with zero attached hydrogens (tertiary/aromatic N) is 3. The zero-order valence-corrected chi connectivity index (χ0v) is 27.7. The first-order chi connectivity index (χ1) is 22.8. The maximum atomic E-state index is 15.1. The maximum absolute atomic E-state index is 15.1. The van der Waals surface area contributed by atoms with Crippen molar-refractivity contribution in [3.63, 3.8) is 0 Å². The number of fused-ring (bicyclic) bond motifs is 1. The van der Waals surface area contributed by atoms with Gasteiger partial charge in [0.15, 0.2) is 0 Å². The molecule has 3 aliphatic rings. The molecule has 3 aliphatic heterocycles. The molecule has 3 unspecified atom stereocenters. The van der Waals surface area contributed by atoms with Gasteiger partial charge >= 0.3 is 0 Å². The Balaban J connectivity index is 1.44. The van der Waals surface area contributed by atoms with Crippen LogP contribution in [0.25, 0.3) is 0 Å². The molecule has 3 aromatic rings. The number of carbonyl (C=O) groups is 3. The molecule has 0 saturated carbocycles. The van der Waals surface area contributed by atoms with E-state index in [-0.39, 0.29) is 35.5 Å². The summed E-state index contributed by atoms with van der Waals surface area (Å²) in [6.45, 7) is 11.0. The number of benzene rings is 3. The lowest BCUT2D eigenvalue weighted by Crippen LogP contribution is -2.58. The molecule has 6 rings (SSSR count). The summed E-state index contributed by atoms with van der Waals surface area (Å²) in [5, 5.41) is 10.8. The molecule has 2 bridgehead atoms. The SMILES string of the molecule is C=CCN(Cc1ccccc1)C(=O)C1N([C@H](CO)c2ccccc2)C(=O)[C@@H]2[C@H](C(=O)N(CC=C)Cc3ccccc3)[C@@H]3CC(C)C12S3. The topological polar surface area (TPSA) is 81.2 Å². The van der Waals surface area contributed by atoms with Crippen LogP contribution >= 0.6 is 11.8 Å². The van der Waals surface area contributed by atoms with Crippen molar-refractivity contribution in [1.29, 1.82) is 0 Å². The van der Waals surface area contributed by atoms with Crippen LogP contribution in [0.15, 0.2) is 116 Å². The second-order valence-corrected chi connectivity index (χ2v) is 14.4. The quantitative estimate of drug-likeness (QED) is 0.248. The van der Waals surface area contributed by atoms with Gasteiger partial charge in [-0.2, -0.15) is 0 Å². The van der Waals surface area contributed by atoms with Gasteiger partial charge in [0.2, 0.25) is 17.7 Å². The number of hydrogen-bond donors (Lipinski definition) is 1. The van der Waals surface area contributed by atoms with Gasteiger partial charge in [0.1, 0.15) is 6.04 Å². The van der Waals surface area contributed by atoms with Crippen molar-refractivity contribution >= 4 is 29.5 Å². The summed E-state index contributed by atoms with van der Waals surface area (Å²) < 4.78 is -0.829. The van der Waals surface area contributed by atoms with Crippen LogP contribution in [0.5, 0.6) is 0 Å². The van der Waals surface area contributed by atoms with E-state index >= 15 is 9.59 Å². The van der Waals surface area contributed by atoms with Gasteiger partial charge in [-0.25, -0.2) is 0 Å². The first-order valence-corrected chi connectivity index (χ1v) is 17.3. The third kappa shape index (κ3) is 5.82. The van der Waals surface area contributed by atoms with Gasteiger partial charge in [0, 0.05) is 31.4 Å². The highest BCUT2D eigenvalue weighted by Gasteiger charge is 2.77. The molecular formula is C39H43N3O4S. The minimum absolute atomic E-state index is 0.00569. The van der Waals surface area contributed by atoms with Crippen molar-refractivity contribution in [2.24, 2.45) is 17.8 Å². The van der Waals surface area contributed by atoms with Crippen LogP contribution in [0.1, 0.15) is 36.1 Å². The Morgan fingerprint density at radius 2 is 1.40 bits per heavy atom. The Labute approximate surface area is 281 Å². The van der Waals surface area contributed by atoms with Gasteiger partial charge in [-0.3, -0.25) is 14.4 Å². The molecule has 1 N–H and O–H groups in total. The van der Waals surface area contributed by atoms with Gasteiger partial charge < -0.3 is 19.8 Å². The van der Waals surface area contributed by atoms with Crippen LogP contribution in [0, 0.1) is 17.8 Å². The fraction of sp³-hybridized carbons (Fsp3) is 0.359. The molecule has 47 heavy (non-hydrogen) atoms. The van der Waals surface area contributed by atoms with Crippen LogP contribution in [0.4, 0.5) is 0 Å². The van der Waals surface area contributed by atoms with Crippen molar-refractivity contribution in [3.8, 4) is 0 Å². The first-order valence-electron chi connectivity index (χ1n) is 16.4. The molecular weight excluding hydrogens is 607 g/mol. The molecule has 1 spiro atoms. The standard InChI is InChI=1S/C39H43N3O4S/c1-4-21-40(24-28-15-9-6-10-16-28)36(44)33-32-23-27(3)39(47-32)34(33)37(45)42(31(26-43)30-19-13-8-14-20-30)35(39)38(46)41(22-5-2)25-29-17-11-7-12-18-29/h4-20,27,31-35,43H,1-2,21-26H2,3H3/t27?,31-,32+,33-,34+,35?,39?/m1/s1. The monoisotopic (exact) mass is 649 g/mol. The fourth-order valence-corrected chi connectivity index (χ4v) is 10.5. The van der Waals surface area contributed by atoms with E-state index < -0.39 is 28.7 Å². The van der Waals surface area contributed by atoms with Gasteiger partial charge in [-0.15, -0.1) is 24.9 Å². The van der Waals surface area contributed by atoms with Crippen LogP contribution in [-0.4, -0.2) is 73.3 Å². The number of aliphatic hydroxyl groups is 1. The van der Waals surface area contributed by atoms with E-state index in [1.54, 1.807) is 38.6 Å². The molecule has 3 heterocycles. The van der Waals surface area contributed by atoms with E-state index in [1.165, 1.54) is 0 Å². The molecule has 3 aromatic carbocycles. The number of aliphatic hydroxyl groups excluding tert-OH is 1. The predicted octanol–water partition coefficient (Wildman–Crippen LogP) is 5.49. The molecule has 3 fully saturated rings. The number of rotatable bonds is 13. The van der Waals surface area contributed by atoms with Crippen LogP contribution in [0.2, 0.25) is 0 Å². The molecule has 0 radical (unpaired) electrons. The van der Waals surface area contributed by atoms with Gasteiger partial charge in [0.05, 0.1) is 29.2 Å². The van der Waals surface area contributed by atoms with E-state index in [0.29, 0.717) is 26.2 Å². The first kappa shape index (κ1) is 32.8. The van der Waals surface area contributed by atoms with E-state index in [1.807, 2.05) is 91.0 Å². The molecule has 244 valence electrons. The van der Waals surface area contributed by atoms with Crippen molar-refractivity contribution in [1.82, 2.24) is 14.7 Å². The Morgan fingerprint density at radius 3 is 1.91 bits per heavy atom. The fourth-order valence-electron chi connectivity index (χ4n) is 8.15. The lowest BCUT2D eigenvalue weighted by atomic mass is 9.65. The Bertz CT molecular complexity index is 1600. The summed E-state index contributed by atoms with van der Waals surface area (Å²) >= 11 is 1.65. The van der Waals surface area contributed by atoms with Gasteiger partial charge in [0.25, 0.3) is 0 Å². The van der Waals surface area contributed by atoms with Crippen molar-refractivity contribution < 1.29 is 19.5 Å². The Hall–Kier alpha value is -4.14. The van der Waals surface area contributed by atoms with E-state index in [0.717, 1.165) is 23.1 Å². The Kier molecular flexibility index (Phi) is 9.71. The molecule has 0 aliphatic carbocycles. The third-order valence-corrected chi connectivity index (χ3v) is 12.2. The van der Waals surface area contributed by atoms with Crippen LogP contribution < -0.4 is 0 Å². The maximum Gasteiger partial charge on any atom is 0.247 e. The molecule has 3 saturated heterocycles. The Morgan fingerprint density at radius 1 is 0.894 bits per heavy atom. The minimum Gasteiger partial charge on any atom is -0.394 e. The highest BCUT2D eigenvalue weighted by molar-refractivity contribution is 8.02. The summed E-state index contributed by atoms with van der Waals surface area (Å²) in [7, 11) is 0. The van der Waals surface area contributed by atoms with Crippen LogP contribution in [0.3, 0.4) is 0 Å². The van der Waals surface area contributed by atoms with Crippen LogP contribution in [-0.2, 0) is 27.5 Å². The highest BCUT2D eigenvalue weighted by atomic mass is 32.2. The zero-order chi connectivity index (χ0) is 33.1. The second kappa shape index (κ2) is 13.9. The lowest BCUT2D eigenvalue weighted by molar-refractivity contribution is -0.147. The molecule has 3 amide bonds. The molecule has 8 heteroatoms. The highest BCUT2D eigenvalue weighted by Crippen LogP contribution is 2.69. The average molecular weight is 650 g/mol. The summed E-state index contributed by atoms with van der Waals surface area (Å²) in [5.41, 5.74) is 2.72. The summed E-state index contributed by atoms with van der Waals surface area (Å²) in [6.07, 6.45) is 4.16. The minimum atomic E-state index is -0.870. The largest absolute Gasteiger partial charge is 0.394 e. The van der Waals surface area contributed by atoms with E-state index in [9.17, 15) is 9.90 Å². The second-order valence-electron chi connectivity index (χ2n) is 12.9. The molecule has 7 nitrogen and oxygen atoms in total. The summed E-state index contributed by atoms with van der Waals surface area (Å²) in [4.78, 5) is 49.9. The predicted molar refractivity (Wildman–Crippen MR) is 186 cm³/mol. The summed E-state index contributed by atoms with van der Waals surface area (Å²) in [6, 6.07) is 27.4. The lowest BCUT2D eigenvalue weighted by Gasteiger charge is -2.42. The van der Waals surface area contributed by atoms with Crippen molar-refractivity contribution in [2.75, 3.05) is 19.7 Å². The van der Waals surface area contributed by atoms with Crippen molar-refractivity contribution in [3.05, 3.63) is 133 Å². The van der Waals surface area contributed by atoms with Crippen molar-refractivity contribution in [2.45, 2.75) is 48.5 Å². The number of likely N-dealkylation sites (tertiary alicyclic amines) is 1.